The molecule has 2 aromatic heterocycles. The lowest BCUT2D eigenvalue weighted by Gasteiger charge is -2.31. The average molecular weight is 407 g/mol. The number of rotatable bonds is 4. The van der Waals surface area contributed by atoms with Crippen LogP contribution in [0, 0.1) is 5.82 Å². The molecule has 0 radical (unpaired) electrons. The monoisotopic (exact) mass is 406 g/mol. The van der Waals surface area contributed by atoms with Crippen molar-refractivity contribution in [3.8, 4) is 11.9 Å². The lowest BCUT2D eigenvalue weighted by Crippen LogP contribution is -2.43. The van der Waals surface area contributed by atoms with Gasteiger partial charge in [0.1, 0.15) is 17.7 Å². The summed E-state index contributed by atoms with van der Waals surface area (Å²) >= 11 is 5.85. The van der Waals surface area contributed by atoms with Crippen molar-refractivity contribution >= 4 is 22.5 Å². The third kappa shape index (κ3) is 3.53. The molecule has 150 valence electrons. The first-order valence-corrected chi connectivity index (χ1v) is 9.80. The predicted molar refractivity (Wildman–Crippen MR) is 105 cm³/mol. The van der Waals surface area contributed by atoms with Crippen LogP contribution in [0.5, 0.6) is 11.9 Å². The van der Waals surface area contributed by atoms with Crippen LogP contribution in [0.3, 0.4) is 0 Å². The van der Waals surface area contributed by atoms with E-state index in [0.717, 1.165) is 32.4 Å². The second-order valence-electron chi connectivity index (χ2n) is 8.62. The van der Waals surface area contributed by atoms with Crippen LogP contribution in [0.1, 0.15) is 40.0 Å². The lowest BCUT2D eigenvalue weighted by molar-refractivity contribution is 0.102. The highest BCUT2D eigenvalue weighted by molar-refractivity contribution is 6.30. The zero-order valence-corrected chi connectivity index (χ0v) is 17.1. The van der Waals surface area contributed by atoms with Crippen LogP contribution in [-0.4, -0.2) is 50.7 Å². The number of ether oxygens (including phenoxy) is 2. The molecule has 0 aliphatic carbocycles. The molecular formula is C20H24ClFN4O2. The van der Waals surface area contributed by atoms with Crippen LogP contribution in [-0.2, 0) is 0 Å². The van der Waals surface area contributed by atoms with Crippen molar-refractivity contribution in [2.24, 2.45) is 0 Å². The van der Waals surface area contributed by atoms with Crippen molar-refractivity contribution in [3.63, 3.8) is 0 Å². The molecule has 0 aromatic carbocycles. The van der Waals surface area contributed by atoms with Gasteiger partial charge >= 0.3 is 6.01 Å². The maximum atomic E-state index is 14.6. The summed E-state index contributed by atoms with van der Waals surface area (Å²) in [5, 5.41) is 0.116. The maximum Gasteiger partial charge on any atom is 0.320 e. The Labute approximate surface area is 168 Å². The van der Waals surface area contributed by atoms with Crippen molar-refractivity contribution in [2.45, 2.75) is 51.2 Å². The Morgan fingerprint density at radius 2 is 2.14 bits per heavy atom. The van der Waals surface area contributed by atoms with Gasteiger partial charge in [0.25, 0.3) is 0 Å². The molecule has 0 saturated carbocycles. The molecule has 2 aliphatic rings. The van der Waals surface area contributed by atoms with Crippen LogP contribution in [0.15, 0.2) is 18.3 Å². The minimum absolute atomic E-state index is 0.0425. The molecule has 0 bridgehead atoms. The molecule has 2 saturated heterocycles. The second-order valence-corrected chi connectivity index (χ2v) is 8.97. The largest absolute Gasteiger partial charge is 0.471 e. The molecular weight excluding hydrogens is 383 g/mol. The Morgan fingerprint density at radius 1 is 1.36 bits per heavy atom. The van der Waals surface area contributed by atoms with Gasteiger partial charge in [-0.3, -0.25) is 4.90 Å². The minimum atomic E-state index is -0.708. The van der Waals surface area contributed by atoms with Gasteiger partial charge in [-0.1, -0.05) is 23.8 Å². The van der Waals surface area contributed by atoms with Crippen molar-refractivity contribution < 1.29 is 13.9 Å². The molecule has 0 unspecified atom stereocenters. The number of halogens is 2. The summed E-state index contributed by atoms with van der Waals surface area (Å²) in [6, 6.07) is 0.0756. The molecule has 2 aliphatic heterocycles. The fraction of sp³-hybridized carbons (Fsp3) is 0.550. The first-order chi connectivity index (χ1) is 13.2. The van der Waals surface area contributed by atoms with E-state index in [0.29, 0.717) is 12.0 Å². The van der Waals surface area contributed by atoms with Gasteiger partial charge in [0, 0.05) is 12.7 Å². The van der Waals surface area contributed by atoms with Crippen molar-refractivity contribution in [1.82, 2.24) is 19.9 Å². The van der Waals surface area contributed by atoms with Crippen molar-refractivity contribution in [1.29, 1.82) is 0 Å². The third-order valence-electron chi connectivity index (χ3n) is 5.19. The van der Waals surface area contributed by atoms with Crippen molar-refractivity contribution in [3.05, 3.63) is 29.3 Å². The zero-order chi connectivity index (χ0) is 20.1. The van der Waals surface area contributed by atoms with Gasteiger partial charge in [-0.15, -0.1) is 0 Å². The number of hydrogen-bond donors (Lipinski definition) is 0. The molecule has 8 heteroatoms. The second kappa shape index (κ2) is 6.81. The molecule has 6 nitrogen and oxygen atoms in total. The Bertz CT molecular complexity index is 946. The van der Waals surface area contributed by atoms with Crippen LogP contribution >= 0.6 is 11.6 Å². The molecule has 2 aromatic rings. The van der Waals surface area contributed by atoms with Gasteiger partial charge in [-0.25, -0.2) is 9.37 Å². The predicted octanol–water partition coefficient (Wildman–Crippen LogP) is 4.17. The van der Waals surface area contributed by atoms with Crippen LogP contribution in [0.4, 0.5) is 4.39 Å². The molecule has 4 heterocycles. The van der Waals surface area contributed by atoms with Gasteiger partial charge in [-0.05, 0) is 46.6 Å². The van der Waals surface area contributed by atoms with E-state index in [-0.39, 0.29) is 28.1 Å². The normalized spacial score (nSPS) is 22.7. The van der Waals surface area contributed by atoms with E-state index in [1.807, 2.05) is 20.8 Å². The van der Waals surface area contributed by atoms with Crippen LogP contribution < -0.4 is 9.47 Å². The molecule has 2 fully saturated rings. The number of fused-ring (bicyclic) bond motifs is 2. The Morgan fingerprint density at radius 3 is 2.89 bits per heavy atom. The summed E-state index contributed by atoms with van der Waals surface area (Å²) in [7, 11) is 0. The third-order valence-corrected chi connectivity index (χ3v) is 5.46. The fourth-order valence-electron chi connectivity index (χ4n) is 4.07. The van der Waals surface area contributed by atoms with Gasteiger partial charge in [0.05, 0.1) is 10.9 Å². The molecule has 0 amide bonds. The highest BCUT2D eigenvalue weighted by Crippen LogP contribution is 2.41. The Hall–Kier alpha value is -1.99. The maximum absolute atomic E-state index is 14.6. The zero-order valence-electron chi connectivity index (χ0n) is 16.4. The van der Waals surface area contributed by atoms with E-state index in [1.165, 1.54) is 11.8 Å². The molecule has 4 rings (SSSR count). The van der Waals surface area contributed by atoms with E-state index in [9.17, 15) is 4.39 Å². The smallest absolute Gasteiger partial charge is 0.320 e. The molecule has 0 spiro atoms. The average Bonchev–Trinajstić information content (AvgIpc) is 3.11. The first-order valence-electron chi connectivity index (χ1n) is 9.42. The Balaban J connectivity index is 1.69. The summed E-state index contributed by atoms with van der Waals surface area (Å²) in [5.74, 6) is -0.479. The highest BCUT2D eigenvalue weighted by Gasteiger charge is 2.46. The summed E-state index contributed by atoms with van der Waals surface area (Å²) in [6.45, 7) is 12.2. The first kappa shape index (κ1) is 19.3. The summed E-state index contributed by atoms with van der Waals surface area (Å²) in [5.41, 5.74) is 0.650. The Kier molecular flexibility index (Phi) is 4.70. The van der Waals surface area contributed by atoms with E-state index < -0.39 is 11.4 Å². The fourth-order valence-corrected chi connectivity index (χ4v) is 4.20. The number of aromatic nitrogens is 3. The van der Waals surface area contributed by atoms with E-state index in [1.54, 1.807) is 0 Å². The summed E-state index contributed by atoms with van der Waals surface area (Å²) < 4.78 is 26.5. The van der Waals surface area contributed by atoms with Crippen LogP contribution in [0.2, 0.25) is 5.15 Å². The van der Waals surface area contributed by atoms with Crippen molar-refractivity contribution in [2.75, 3.05) is 19.7 Å². The number of hydrogen-bond acceptors (Lipinski definition) is 6. The topological polar surface area (TPSA) is 60.4 Å². The quantitative estimate of drug-likeness (QED) is 0.561. The standard InChI is InChI=1S/C20H24ClFN4O2/c1-12-8-20(6-5-7-26(20)10-12)11-27-18-24-15-13(9-23-16(21)14(15)22)17(25-18)28-19(2,3)4/h9H,1,5-8,10-11H2,2-4H3/t20-/m0/s1. The van der Waals surface area contributed by atoms with E-state index in [2.05, 4.69) is 26.4 Å². The lowest BCUT2D eigenvalue weighted by atomic mass is 9.94. The molecule has 28 heavy (non-hydrogen) atoms. The van der Waals surface area contributed by atoms with Gasteiger partial charge in [0.15, 0.2) is 11.0 Å². The molecule has 0 N–H and O–H groups in total. The summed E-state index contributed by atoms with van der Waals surface area (Å²) in [6.07, 6.45) is 4.48. The van der Waals surface area contributed by atoms with E-state index >= 15 is 0 Å². The summed E-state index contributed by atoms with van der Waals surface area (Å²) in [4.78, 5) is 14.9. The van der Waals surface area contributed by atoms with Gasteiger partial charge in [0.2, 0.25) is 5.88 Å². The van der Waals surface area contributed by atoms with Gasteiger partial charge < -0.3 is 9.47 Å². The van der Waals surface area contributed by atoms with E-state index in [4.69, 9.17) is 21.1 Å². The number of nitrogens with zero attached hydrogens (tertiary/aromatic N) is 4. The SMILES string of the molecule is C=C1CN2CCC[C@@]2(COc2nc(OC(C)(C)C)c3cnc(Cl)c(F)c3n2)C1. The molecule has 1 atom stereocenters. The van der Waals surface area contributed by atoms with Crippen LogP contribution in [0.25, 0.3) is 10.9 Å². The minimum Gasteiger partial charge on any atom is -0.471 e. The highest BCUT2D eigenvalue weighted by atomic mass is 35.5. The number of pyridine rings is 1. The van der Waals surface area contributed by atoms with Gasteiger partial charge in [-0.2, -0.15) is 9.97 Å².